The molecule has 1 aromatic heterocycles. The minimum Gasteiger partial charge on any atom is -0.407 e. The van der Waals surface area contributed by atoms with Crippen LogP contribution in [0.15, 0.2) is 21.6 Å². The van der Waals surface area contributed by atoms with Gasteiger partial charge in [-0.1, -0.05) is 10.7 Å². The first kappa shape index (κ1) is 24.3. The Morgan fingerprint density at radius 2 is 1.92 bits per heavy atom. The predicted molar refractivity (Wildman–Crippen MR) is 117 cm³/mol. The average molecular weight is 507 g/mol. The molecular weight excluding hydrogens is 488 g/mol. The van der Waals surface area contributed by atoms with Crippen LogP contribution in [0, 0.1) is 11.6 Å². The summed E-state index contributed by atoms with van der Waals surface area (Å²) < 4.78 is 73.9. The number of benzene rings is 1. The molecule has 5 rings (SSSR count). The number of hydrogen-bond acceptors (Lipinski definition) is 7. The highest BCUT2D eigenvalue weighted by atomic mass is 19.4. The molecular formula is C22H19BF5N5O3. The second kappa shape index (κ2) is 8.59. The number of alkyl halides is 3. The molecule has 3 heterocycles. The highest BCUT2D eigenvalue weighted by molar-refractivity contribution is 6.36. The van der Waals surface area contributed by atoms with E-state index in [-0.39, 0.29) is 67.0 Å². The van der Waals surface area contributed by atoms with Crippen LogP contribution in [0.1, 0.15) is 49.5 Å². The van der Waals surface area contributed by atoms with Crippen LogP contribution >= 0.6 is 0 Å². The topological polar surface area (TPSA) is 100 Å². The molecule has 2 aromatic rings. The molecule has 8 nitrogen and oxygen atoms in total. The lowest BCUT2D eigenvalue weighted by atomic mass is 9.78. The van der Waals surface area contributed by atoms with Gasteiger partial charge < -0.3 is 14.6 Å². The van der Waals surface area contributed by atoms with Gasteiger partial charge in [-0.3, -0.25) is 14.9 Å². The van der Waals surface area contributed by atoms with Crippen molar-refractivity contribution in [2.45, 2.75) is 50.2 Å². The summed E-state index contributed by atoms with van der Waals surface area (Å²) in [5.41, 5.74) is -1.12. The molecule has 188 valence electrons. The van der Waals surface area contributed by atoms with Crippen molar-refractivity contribution in [2.75, 3.05) is 23.3 Å². The van der Waals surface area contributed by atoms with Crippen molar-refractivity contribution in [2.24, 2.45) is 0 Å². The molecule has 2 unspecified atom stereocenters. The van der Waals surface area contributed by atoms with E-state index in [1.165, 1.54) is 6.92 Å². The Morgan fingerprint density at radius 3 is 2.56 bits per heavy atom. The summed E-state index contributed by atoms with van der Waals surface area (Å²) in [6.07, 6.45) is -4.65. The van der Waals surface area contributed by atoms with Gasteiger partial charge in [-0.15, -0.1) is 5.10 Å². The van der Waals surface area contributed by atoms with E-state index in [4.69, 9.17) is 12.3 Å². The van der Waals surface area contributed by atoms with Crippen molar-refractivity contribution in [3.63, 3.8) is 0 Å². The SMILES string of the molecule is [B]c1c(N2CC(Nc3nnc(C4CC(C(F)(F)F)=C4C)o3)C2)cc(F)c(C2CCC(=O)NC2=O)c1F. The van der Waals surface area contributed by atoms with Crippen LogP contribution in [-0.2, 0) is 9.59 Å². The van der Waals surface area contributed by atoms with Crippen molar-refractivity contribution in [1.82, 2.24) is 15.5 Å². The van der Waals surface area contributed by atoms with Gasteiger partial charge in [0.1, 0.15) is 19.5 Å². The smallest absolute Gasteiger partial charge is 0.407 e. The Kier molecular flexibility index (Phi) is 5.79. The molecule has 0 spiro atoms. The lowest BCUT2D eigenvalue weighted by Crippen LogP contribution is -2.56. The Balaban J connectivity index is 1.23. The number of carbonyl (C=O) groups is 2. The summed E-state index contributed by atoms with van der Waals surface area (Å²) in [6, 6.07) is 0.839. The molecule has 2 aliphatic heterocycles. The maximum Gasteiger partial charge on any atom is 0.412 e. The van der Waals surface area contributed by atoms with E-state index in [1.807, 2.05) is 0 Å². The third-order valence-corrected chi connectivity index (χ3v) is 6.89. The molecule has 2 N–H and O–H groups in total. The highest BCUT2D eigenvalue weighted by Crippen LogP contribution is 2.48. The molecule has 2 saturated heterocycles. The number of anilines is 2. The Morgan fingerprint density at radius 1 is 1.19 bits per heavy atom. The molecule has 36 heavy (non-hydrogen) atoms. The normalized spacial score (nSPS) is 22.9. The first-order valence-corrected chi connectivity index (χ1v) is 11.2. The number of allylic oxidation sites excluding steroid dienone is 2. The zero-order valence-corrected chi connectivity index (χ0v) is 18.9. The largest absolute Gasteiger partial charge is 0.412 e. The van der Waals surface area contributed by atoms with E-state index in [1.54, 1.807) is 4.90 Å². The Bertz CT molecular complexity index is 1290. The number of imide groups is 1. The highest BCUT2D eigenvalue weighted by Gasteiger charge is 2.46. The van der Waals surface area contributed by atoms with Crippen molar-refractivity contribution >= 4 is 36.8 Å². The van der Waals surface area contributed by atoms with Crippen LogP contribution in [0.3, 0.4) is 0 Å². The summed E-state index contributed by atoms with van der Waals surface area (Å²) in [5, 5.41) is 12.7. The second-order valence-electron chi connectivity index (χ2n) is 9.13. The minimum atomic E-state index is -4.38. The average Bonchev–Trinajstić information content (AvgIpc) is 3.20. The van der Waals surface area contributed by atoms with Crippen molar-refractivity contribution < 1.29 is 36.0 Å². The zero-order chi connectivity index (χ0) is 25.9. The number of nitrogens with one attached hydrogen (secondary N) is 2. The van der Waals surface area contributed by atoms with Crippen molar-refractivity contribution in [3.05, 3.63) is 40.3 Å². The number of carbonyl (C=O) groups excluding carboxylic acids is 2. The molecule has 14 heteroatoms. The molecule has 0 saturated carbocycles. The standard InChI is InChI=1S/C22H19BF5N5O3/c1-8-11(4-12(8)22(26,27)28)20-31-32-21(36-20)29-9-6-33(7-9)14-5-13(24)16(18(25)17(14)23)10-2-3-15(34)30-19(10)35/h5,9-11H,2-4,6-7H2,1H3,(H,29,32)(H,30,34,35). The molecule has 2 atom stereocenters. The van der Waals surface area contributed by atoms with Crippen LogP contribution in [-0.4, -0.2) is 55.2 Å². The number of rotatable bonds is 5. The van der Waals surface area contributed by atoms with Gasteiger partial charge in [0, 0.05) is 36.3 Å². The quantitative estimate of drug-likeness (QED) is 0.278. The monoisotopic (exact) mass is 507 g/mol. The number of amides is 2. The summed E-state index contributed by atoms with van der Waals surface area (Å²) in [4.78, 5) is 25.0. The second-order valence-corrected chi connectivity index (χ2v) is 9.13. The summed E-state index contributed by atoms with van der Waals surface area (Å²) in [6.45, 7) is 1.94. The van der Waals surface area contributed by atoms with Gasteiger partial charge in [-0.05, 0) is 31.3 Å². The number of nitrogens with zero attached hydrogens (tertiary/aromatic N) is 3. The fourth-order valence-electron chi connectivity index (χ4n) is 4.77. The molecule has 2 amide bonds. The van der Waals surface area contributed by atoms with Gasteiger partial charge in [-0.2, -0.15) is 13.2 Å². The maximum atomic E-state index is 15.0. The fraction of sp³-hybridized carbons (Fsp3) is 0.455. The number of halogens is 5. The number of hydrogen-bond donors (Lipinski definition) is 2. The Hall–Kier alpha value is -3.45. The fourth-order valence-corrected chi connectivity index (χ4v) is 4.77. The van der Waals surface area contributed by atoms with E-state index < -0.39 is 52.6 Å². The van der Waals surface area contributed by atoms with Crippen molar-refractivity contribution in [1.29, 1.82) is 0 Å². The molecule has 1 aliphatic carbocycles. The summed E-state index contributed by atoms with van der Waals surface area (Å²) in [5.74, 6) is -4.92. The van der Waals surface area contributed by atoms with Gasteiger partial charge in [0.15, 0.2) is 0 Å². The third kappa shape index (κ3) is 4.11. The van der Waals surface area contributed by atoms with E-state index in [9.17, 15) is 27.2 Å². The molecule has 0 bridgehead atoms. The van der Waals surface area contributed by atoms with E-state index in [2.05, 4.69) is 20.8 Å². The molecule has 1 aromatic carbocycles. The van der Waals surface area contributed by atoms with E-state index in [0.717, 1.165) is 6.07 Å². The first-order valence-electron chi connectivity index (χ1n) is 11.2. The van der Waals surface area contributed by atoms with Gasteiger partial charge in [0.2, 0.25) is 17.7 Å². The van der Waals surface area contributed by atoms with Gasteiger partial charge in [-0.25, -0.2) is 8.78 Å². The summed E-state index contributed by atoms with van der Waals surface area (Å²) in [7, 11) is 5.93. The van der Waals surface area contributed by atoms with Crippen LogP contribution in [0.4, 0.5) is 33.7 Å². The van der Waals surface area contributed by atoms with Crippen LogP contribution in [0.2, 0.25) is 0 Å². The van der Waals surface area contributed by atoms with E-state index >= 15 is 4.39 Å². The van der Waals surface area contributed by atoms with Crippen LogP contribution < -0.4 is 21.0 Å². The zero-order valence-electron chi connectivity index (χ0n) is 18.9. The third-order valence-electron chi connectivity index (χ3n) is 6.89. The predicted octanol–water partition coefficient (Wildman–Crippen LogP) is 2.33. The van der Waals surface area contributed by atoms with Gasteiger partial charge >= 0.3 is 12.2 Å². The van der Waals surface area contributed by atoms with Gasteiger partial charge in [0.05, 0.1) is 17.9 Å². The number of piperidine rings is 1. The van der Waals surface area contributed by atoms with Crippen LogP contribution in [0.5, 0.6) is 0 Å². The Labute approximate surface area is 202 Å². The molecule has 2 fully saturated rings. The van der Waals surface area contributed by atoms with E-state index in [0.29, 0.717) is 0 Å². The summed E-state index contributed by atoms with van der Waals surface area (Å²) >= 11 is 0. The maximum absolute atomic E-state index is 15.0. The molecule has 3 aliphatic rings. The van der Waals surface area contributed by atoms with Gasteiger partial charge in [0.25, 0.3) is 0 Å². The number of aromatic nitrogens is 2. The lowest BCUT2D eigenvalue weighted by Gasteiger charge is -2.42. The first-order chi connectivity index (χ1) is 16.9. The van der Waals surface area contributed by atoms with Crippen LogP contribution in [0.25, 0.3) is 0 Å². The van der Waals surface area contributed by atoms with Crippen molar-refractivity contribution in [3.8, 4) is 0 Å². The molecule has 2 radical (unpaired) electrons. The minimum absolute atomic E-state index is 0.0210. The lowest BCUT2D eigenvalue weighted by molar-refractivity contribution is -0.134.